The van der Waals surface area contributed by atoms with Crippen molar-refractivity contribution in [3.8, 4) is 0 Å². The van der Waals surface area contributed by atoms with Crippen LogP contribution in [0, 0.1) is 11.8 Å². The predicted molar refractivity (Wildman–Crippen MR) is 106 cm³/mol. The van der Waals surface area contributed by atoms with E-state index in [-0.39, 0.29) is 30.0 Å². The maximum atomic E-state index is 10.7. The maximum absolute atomic E-state index is 10.7. The number of hydrogen-bond acceptors (Lipinski definition) is 5. The third kappa shape index (κ3) is 5.39. The minimum absolute atomic E-state index is 0.0193. The highest BCUT2D eigenvalue weighted by Crippen LogP contribution is 2.45. The van der Waals surface area contributed by atoms with Crippen molar-refractivity contribution in [2.75, 3.05) is 27.1 Å². The molecule has 0 aromatic rings. The Bertz CT molecular complexity index is 460. The van der Waals surface area contributed by atoms with Gasteiger partial charge in [0, 0.05) is 13.0 Å². The molecule has 26 heavy (non-hydrogen) atoms. The number of ether oxygens (including phenoxy) is 3. The topological polar surface area (TPSA) is 57.2 Å². The highest BCUT2D eigenvalue weighted by molar-refractivity contribution is 6.74. The van der Waals surface area contributed by atoms with E-state index < -0.39 is 14.4 Å². The molecule has 152 valence electrons. The number of fused-ring (bicyclic) bond motifs is 1. The molecule has 0 saturated heterocycles. The van der Waals surface area contributed by atoms with E-state index in [0.29, 0.717) is 19.1 Å². The molecule has 1 fully saturated rings. The van der Waals surface area contributed by atoms with Crippen LogP contribution in [0.3, 0.4) is 0 Å². The molecule has 0 aromatic heterocycles. The SMILES string of the molecule is COCCOCO[C@H]1CC[C@@H]2[C@H]1[C@@H](O)C=CC[C@@H]2O[Si](C)(C)C(C)(C)C. The summed E-state index contributed by atoms with van der Waals surface area (Å²) in [6.07, 6.45) is 6.59. The fourth-order valence-corrected chi connectivity index (χ4v) is 5.18. The molecule has 0 heterocycles. The minimum atomic E-state index is -1.85. The first kappa shape index (κ1) is 22.1. The summed E-state index contributed by atoms with van der Waals surface area (Å²) < 4.78 is 23.2. The van der Waals surface area contributed by atoms with Crippen LogP contribution in [0.1, 0.15) is 40.0 Å². The number of aliphatic hydroxyl groups is 1. The summed E-state index contributed by atoms with van der Waals surface area (Å²) in [5, 5.41) is 10.9. The zero-order valence-electron chi connectivity index (χ0n) is 17.4. The standard InChI is InChI=1S/C20H38O5Si/c1-20(2,3)26(5,6)25-17-9-7-8-16(21)19-15(17)10-11-18(19)24-14-23-13-12-22-4/h7-8,15-19,21H,9-14H2,1-6H3/t15-,16-,17-,18-,19-/m0/s1. The molecule has 1 N–H and O–H groups in total. The van der Waals surface area contributed by atoms with Gasteiger partial charge in [-0.05, 0) is 43.3 Å². The van der Waals surface area contributed by atoms with Crippen molar-refractivity contribution in [1.29, 1.82) is 0 Å². The lowest BCUT2D eigenvalue weighted by atomic mass is 9.86. The van der Waals surface area contributed by atoms with Crippen LogP contribution < -0.4 is 0 Å². The van der Waals surface area contributed by atoms with E-state index in [2.05, 4.69) is 39.9 Å². The highest BCUT2D eigenvalue weighted by Gasteiger charge is 2.48. The molecular weight excluding hydrogens is 348 g/mol. The van der Waals surface area contributed by atoms with Crippen LogP contribution in [-0.4, -0.2) is 58.9 Å². The molecule has 2 rings (SSSR count). The van der Waals surface area contributed by atoms with E-state index in [4.69, 9.17) is 18.6 Å². The third-order valence-electron chi connectivity index (χ3n) is 6.33. The molecule has 6 heteroatoms. The largest absolute Gasteiger partial charge is 0.413 e. The van der Waals surface area contributed by atoms with Crippen LogP contribution in [0.4, 0.5) is 0 Å². The lowest BCUT2D eigenvalue weighted by Gasteiger charge is -2.42. The molecular formula is C20H38O5Si. The fraction of sp³-hybridized carbons (Fsp3) is 0.900. The van der Waals surface area contributed by atoms with E-state index in [1.807, 2.05) is 6.08 Å². The summed E-state index contributed by atoms with van der Waals surface area (Å²) in [6.45, 7) is 12.8. The van der Waals surface area contributed by atoms with Gasteiger partial charge in [-0.15, -0.1) is 0 Å². The van der Waals surface area contributed by atoms with Gasteiger partial charge in [0.2, 0.25) is 0 Å². The minimum Gasteiger partial charge on any atom is -0.413 e. The van der Waals surface area contributed by atoms with Crippen LogP contribution in [0.5, 0.6) is 0 Å². The molecule has 5 atom stereocenters. The van der Waals surface area contributed by atoms with Gasteiger partial charge in [-0.2, -0.15) is 0 Å². The smallest absolute Gasteiger partial charge is 0.192 e. The van der Waals surface area contributed by atoms with Crippen LogP contribution in [0.15, 0.2) is 12.2 Å². The van der Waals surface area contributed by atoms with E-state index in [1.165, 1.54) is 0 Å². The number of rotatable bonds is 8. The van der Waals surface area contributed by atoms with Gasteiger partial charge in [0.15, 0.2) is 8.32 Å². The van der Waals surface area contributed by atoms with Gasteiger partial charge in [0.25, 0.3) is 0 Å². The predicted octanol–water partition coefficient (Wildman–Crippen LogP) is 3.73. The quantitative estimate of drug-likeness (QED) is 0.298. The molecule has 0 amide bonds. The normalized spacial score (nSPS) is 32.5. The molecule has 2 aliphatic carbocycles. The lowest BCUT2D eigenvalue weighted by Crippen LogP contribution is -2.47. The third-order valence-corrected chi connectivity index (χ3v) is 10.8. The number of hydrogen-bond donors (Lipinski definition) is 1. The second kappa shape index (κ2) is 9.30. The zero-order chi connectivity index (χ0) is 19.4. The molecule has 2 aliphatic rings. The van der Waals surface area contributed by atoms with Crippen molar-refractivity contribution >= 4 is 8.32 Å². The Morgan fingerprint density at radius 1 is 1.12 bits per heavy atom. The average molecular weight is 387 g/mol. The number of methoxy groups -OCH3 is 1. The zero-order valence-corrected chi connectivity index (χ0v) is 18.4. The van der Waals surface area contributed by atoms with Gasteiger partial charge in [-0.1, -0.05) is 32.9 Å². The molecule has 0 aromatic carbocycles. The second-order valence-electron chi connectivity index (χ2n) is 9.11. The van der Waals surface area contributed by atoms with Gasteiger partial charge in [0.1, 0.15) is 6.79 Å². The van der Waals surface area contributed by atoms with Crippen LogP contribution >= 0.6 is 0 Å². The summed E-state index contributed by atoms with van der Waals surface area (Å²) >= 11 is 0. The maximum Gasteiger partial charge on any atom is 0.192 e. The second-order valence-corrected chi connectivity index (χ2v) is 13.9. The summed E-state index contributed by atoms with van der Waals surface area (Å²) in [7, 11) is -0.199. The van der Waals surface area contributed by atoms with E-state index >= 15 is 0 Å². The van der Waals surface area contributed by atoms with Crippen LogP contribution in [0.25, 0.3) is 0 Å². The molecule has 1 saturated carbocycles. The summed E-state index contributed by atoms with van der Waals surface area (Å²) in [5.74, 6) is 0.410. The van der Waals surface area contributed by atoms with Gasteiger partial charge >= 0.3 is 0 Å². The van der Waals surface area contributed by atoms with Gasteiger partial charge < -0.3 is 23.7 Å². The Hall–Kier alpha value is -0.243. The Morgan fingerprint density at radius 2 is 1.85 bits per heavy atom. The monoisotopic (exact) mass is 386 g/mol. The first-order valence-electron chi connectivity index (χ1n) is 9.88. The number of aliphatic hydroxyl groups excluding tert-OH is 1. The van der Waals surface area contributed by atoms with Gasteiger partial charge in [-0.25, -0.2) is 0 Å². The first-order chi connectivity index (χ1) is 12.2. The van der Waals surface area contributed by atoms with Crippen molar-refractivity contribution in [3.05, 3.63) is 12.2 Å². The Balaban J connectivity index is 2.01. The lowest BCUT2D eigenvalue weighted by molar-refractivity contribution is -0.122. The molecule has 0 bridgehead atoms. The van der Waals surface area contributed by atoms with Crippen molar-refractivity contribution in [2.24, 2.45) is 11.8 Å². The molecule has 0 unspecified atom stereocenters. The van der Waals surface area contributed by atoms with Crippen LogP contribution in [-0.2, 0) is 18.6 Å². The highest BCUT2D eigenvalue weighted by atomic mass is 28.4. The van der Waals surface area contributed by atoms with Gasteiger partial charge in [0.05, 0.1) is 31.5 Å². The average Bonchev–Trinajstić information content (AvgIpc) is 2.89. The Morgan fingerprint density at radius 3 is 2.50 bits per heavy atom. The summed E-state index contributed by atoms with van der Waals surface area (Å²) in [6, 6.07) is 0. The first-order valence-corrected chi connectivity index (χ1v) is 12.8. The fourth-order valence-electron chi connectivity index (χ4n) is 3.80. The van der Waals surface area contributed by atoms with E-state index in [0.717, 1.165) is 19.3 Å². The summed E-state index contributed by atoms with van der Waals surface area (Å²) in [5.41, 5.74) is 0. The molecule has 0 spiro atoms. The Kier molecular flexibility index (Phi) is 7.89. The van der Waals surface area contributed by atoms with Crippen molar-refractivity contribution in [1.82, 2.24) is 0 Å². The van der Waals surface area contributed by atoms with Crippen molar-refractivity contribution in [3.63, 3.8) is 0 Å². The summed E-state index contributed by atoms with van der Waals surface area (Å²) in [4.78, 5) is 0. The van der Waals surface area contributed by atoms with Crippen molar-refractivity contribution < 1.29 is 23.7 Å². The molecule has 5 nitrogen and oxygen atoms in total. The van der Waals surface area contributed by atoms with E-state index in [9.17, 15) is 5.11 Å². The van der Waals surface area contributed by atoms with Crippen molar-refractivity contribution in [2.45, 2.75) is 76.5 Å². The Labute approximate surface area is 160 Å². The van der Waals surface area contributed by atoms with Gasteiger partial charge in [-0.3, -0.25) is 0 Å². The van der Waals surface area contributed by atoms with E-state index in [1.54, 1.807) is 7.11 Å². The molecule has 0 radical (unpaired) electrons. The molecule has 0 aliphatic heterocycles. The van der Waals surface area contributed by atoms with Crippen LogP contribution in [0.2, 0.25) is 18.1 Å².